The lowest BCUT2D eigenvalue weighted by Gasteiger charge is -2.27. The van der Waals surface area contributed by atoms with Gasteiger partial charge in [0.1, 0.15) is 5.92 Å². The Hall–Kier alpha value is -2.39. The standard InChI is InChI=1S/C17H16N4OS/c1-12-8-20-14(9-19-12)10-21-16(22)11-23-17(21)15(7-18)13-5-3-2-4-6-13/h2-6,8-9,15,17H,10-11H2,1H3. The van der Waals surface area contributed by atoms with E-state index in [2.05, 4.69) is 16.0 Å². The van der Waals surface area contributed by atoms with Crippen LogP contribution in [-0.2, 0) is 11.3 Å². The molecule has 1 fully saturated rings. The second-order valence-electron chi connectivity index (χ2n) is 5.39. The lowest BCUT2D eigenvalue weighted by molar-refractivity contribution is -0.128. The maximum atomic E-state index is 12.3. The van der Waals surface area contributed by atoms with Gasteiger partial charge >= 0.3 is 0 Å². The summed E-state index contributed by atoms with van der Waals surface area (Å²) >= 11 is 1.51. The van der Waals surface area contributed by atoms with Crippen molar-refractivity contribution in [3.05, 3.63) is 59.7 Å². The molecule has 2 atom stereocenters. The molecule has 5 nitrogen and oxygen atoms in total. The van der Waals surface area contributed by atoms with Gasteiger partial charge in [-0.1, -0.05) is 30.3 Å². The molecule has 1 amide bonds. The van der Waals surface area contributed by atoms with Crippen molar-refractivity contribution < 1.29 is 4.79 Å². The fraction of sp³-hybridized carbons (Fsp3) is 0.294. The molecular formula is C17H16N4OS. The van der Waals surface area contributed by atoms with Crippen LogP contribution in [0.1, 0.15) is 22.9 Å². The number of carbonyl (C=O) groups is 1. The molecule has 23 heavy (non-hydrogen) atoms. The highest BCUT2D eigenvalue weighted by Gasteiger charge is 2.38. The Labute approximate surface area is 139 Å². The zero-order valence-corrected chi connectivity index (χ0v) is 13.5. The molecule has 3 rings (SSSR count). The summed E-state index contributed by atoms with van der Waals surface area (Å²) in [5, 5.41) is 9.42. The van der Waals surface area contributed by atoms with Crippen LogP contribution < -0.4 is 0 Å². The molecule has 2 aromatic rings. The van der Waals surface area contributed by atoms with Gasteiger partial charge in [0.2, 0.25) is 5.91 Å². The van der Waals surface area contributed by atoms with Gasteiger partial charge in [-0.05, 0) is 12.5 Å². The van der Waals surface area contributed by atoms with E-state index in [1.54, 1.807) is 17.3 Å². The van der Waals surface area contributed by atoms with Crippen LogP contribution in [-0.4, -0.2) is 31.9 Å². The van der Waals surface area contributed by atoms with E-state index in [0.717, 1.165) is 17.0 Å². The molecular weight excluding hydrogens is 308 g/mol. The maximum absolute atomic E-state index is 12.3. The number of aryl methyl sites for hydroxylation is 1. The van der Waals surface area contributed by atoms with E-state index in [9.17, 15) is 10.1 Å². The lowest BCUT2D eigenvalue weighted by atomic mass is 9.99. The molecule has 2 heterocycles. The largest absolute Gasteiger partial charge is 0.322 e. The molecule has 0 aliphatic carbocycles. The number of nitrogens with zero attached hydrogens (tertiary/aromatic N) is 4. The monoisotopic (exact) mass is 324 g/mol. The van der Waals surface area contributed by atoms with Gasteiger partial charge in [0.05, 0.1) is 41.3 Å². The predicted molar refractivity (Wildman–Crippen MR) is 88.4 cm³/mol. The van der Waals surface area contributed by atoms with E-state index in [1.165, 1.54) is 11.8 Å². The maximum Gasteiger partial charge on any atom is 0.233 e. The minimum absolute atomic E-state index is 0.0403. The summed E-state index contributed by atoms with van der Waals surface area (Å²) in [6.45, 7) is 2.26. The number of carbonyl (C=O) groups excluding carboxylic acids is 1. The first kappa shape index (κ1) is 15.5. The third kappa shape index (κ3) is 3.35. The molecule has 1 aromatic carbocycles. The Kier molecular flexibility index (Phi) is 4.58. The molecule has 116 valence electrons. The van der Waals surface area contributed by atoms with Crippen LogP contribution in [0.3, 0.4) is 0 Å². The molecule has 6 heteroatoms. The highest BCUT2D eigenvalue weighted by molar-refractivity contribution is 8.01. The highest BCUT2D eigenvalue weighted by atomic mass is 32.2. The molecule has 0 radical (unpaired) electrons. The normalized spacial score (nSPS) is 18.7. The summed E-state index contributed by atoms with van der Waals surface area (Å²) in [5.74, 6) is 0.0826. The van der Waals surface area contributed by atoms with Gasteiger partial charge in [-0.15, -0.1) is 11.8 Å². The fourth-order valence-corrected chi connectivity index (χ4v) is 3.83. The first-order valence-corrected chi connectivity index (χ1v) is 8.37. The van der Waals surface area contributed by atoms with Crippen molar-refractivity contribution in [1.82, 2.24) is 14.9 Å². The van der Waals surface area contributed by atoms with E-state index >= 15 is 0 Å². The van der Waals surface area contributed by atoms with Crippen molar-refractivity contribution >= 4 is 17.7 Å². The fourth-order valence-electron chi connectivity index (χ4n) is 2.56. The summed E-state index contributed by atoms with van der Waals surface area (Å²) in [4.78, 5) is 22.5. The van der Waals surface area contributed by atoms with Crippen LogP contribution >= 0.6 is 11.8 Å². The second-order valence-corrected chi connectivity index (χ2v) is 6.49. The summed E-state index contributed by atoms with van der Waals surface area (Å²) < 4.78 is 0. The SMILES string of the molecule is Cc1cnc(CN2C(=O)CSC2C(C#N)c2ccccc2)cn1. The molecule has 1 aliphatic rings. The minimum Gasteiger partial charge on any atom is -0.322 e. The summed E-state index contributed by atoms with van der Waals surface area (Å²) in [7, 11) is 0. The summed E-state index contributed by atoms with van der Waals surface area (Å²) in [6.07, 6.45) is 3.38. The zero-order valence-electron chi connectivity index (χ0n) is 12.7. The molecule has 1 aromatic heterocycles. The van der Waals surface area contributed by atoms with Crippen LogP contribution in [0.2, 0.25) is 0 Å². The number of hydrogen-bond donors (Lipinski definition) is 0. The third-order valence-corrected chi connectivity index (χ3v) is 5.04. The highest BCUT2D eigenvalue weighted by Crippen LogP contribution is 2.36. The number of hydrogen-bond acceptors (Lipinski definition) is 5. The molecule has 1 aliphatic heterocycles. The van der Waals surface area contributed by atoms with Gasteiger partial charge < -0.3 is 4.90 Å². The van der Waals surface area contributed by atoms with Crippen LogP contribution in [0, 0.1) is 18.3 Å². The number of aromatic nitrogens is 2. The zero-order chi connectivity index (χ0) is 16.2. The van der Waals surface area contributed by atoms with Crippen LogP contribution in [0.5, 0.6) is 0 Å². The van der Waals surface area contributed by atoms with Gasteiger partial charge in [0.15, 0.2) is 0 Å². The predicted octanol–water partition coefficient (Wildman–Crippen LogP) is 2.49. The average molecular weight is 324 g/mol. The van der Waals surface area contributed by atoms with Crippen molar-refractivity contribution in [1.29, 1.82) is 5.26 Å². The number of benzene rings is 1. The van der Waals surface area contributed by atoms with Crippen molar-refractivity contribution in [3.8, 4) is 6.07 Å². The van der Waals surface area contributed by atoms with Crippen molar-refractivity contribution in [2.24, 2.45) is 0 Å². The van der Waals surface area contributed by atoms with Crippen LogP contribution in [0.15, 0.2) is 42.7 Å². The van der Waals surface area contributed by atoms with Gasteiger partial charge in [-0.25, -0.2) is 0 Å². The molecule has 0 N–H and O–H groups in total. The molecule has 2 unspecified atom stereocenters. The van der Waals surface area contributed by atoms with Crippen LogP contribution in [0.4, 0.5) is 0 Å². The average Bonchev–Trinajstić information content (AvgIpc) is 2.93. The first-order valence-electron chi connectivity index (χ1n) is 7.32. The van der Waals surface area contributed by atoms with Crippen molar-refractivity contribution in [2.75, 3.05) is 5.75 Å². The number of nitriles is 1. The minimum atomic E-state index is -0.356. The van der Waals surface area contributed by atoms with Crippen molar-refractivity contribution in [2.45, 2.75) is 24.8 Å². The smallest absolute Gasteiger partial charge is 0.233 e. The Bertz CT molecular complexity index is 727. The van der Waals surface area contributed by atoms with E-state index in [1.807, 2.05) is 37.3 Å². The molecule has 0 spiro atoms. The first-order chi connectivity index (χ1) is 11.2. The van der Waals surface area contributed by atoms with E-state index in [-0.39, 0.29) is 17.2 Å². The lowest BCUT2D eigenvalue weighted by Crippen LogP contribution is -2.36. The van der Waals surface area contributed by atoms with E-state index in [4.69, 9.17) is 0 Å². The Balaban J connectivity index is 1.84. The number of amides is 1. The quantitative estimate of drug-likeness (QED) is 0.864. The second kappa shape index (κ2) is 6.80. The van der Waals surface area contributed by atoms with Gasteiger partial charge in [-0.3, -0.25) is 14.8 Å². The molecule has 1 saturated heterocycles. The molecule has 0 saturated carbocycles. The number of thioether (sulfide) groups is 1. The van der Waals surface area contributed by atoms with E-state index in [0.29, 0.717) is 12.3 Å². The number of rotatable bonds is 4. The van der Waals surface area contributed by atoms with Gasteiger partial charge in [0.25, 0.3) is 0 Å². The van der Waals surface area contributed by atoms with Gasteiger partial charge in [0, 0.05) is 6.20 Å². The van der Waals surface area contributed by atoms with Crippen molar-refractivity contribution in [3.63, 3.8) is 0 Å². The Morgan fingerprint density at radius 3 is 2.78 bits per heavy atom. The Morgan fingerprint density at radius 2 is 2.13 bits per heavy atom. The van der Waals surface area contributed by atoms with E-state index < -0.39 is 0 Å². The third-order valence-electron chi connectivity index (χ3n) is 3.75. The van der Waals surface area contributed by atoms with Gasteiger partial charge in [-0.2, -0.15) is 5.26 Å². The summed E-state index contributed by atoms with van der Waals surface area (Å²) in [5.41, 5.74) is 2.51. The topological polar surface area (TPSA) is 69.9 Å². The molecule has 0 bridgehead atoms. The summed E-state index contributed by atoms with van der Waals surface area (Å²) in [6, 6.07) is 12.0. The Morgan fingerprint density at radius 1 is 1.35 bits per heavy atom. The van der Waals surface area contributed by atoms with Crippen LogP contribution in [0.25, 0.3) is 0 Å².